The summed E-state index contributed by atoms with van der Waals surface area (Å²) in [6, 6.07) is 0. The van der Waals surface area contributed by atoms with Crippen molar-refractivity contribution in [3.63, 3.8) is 0 Å². The summed E-state index contributed by atoms with van der Waals surface area (Å²) in [5, 5.41) is 9.84. The fourth-order valence-electron chi connectivity index (χ4n) is 8.14. The smallest absolute Gasteiger partial charge is 0.462 e. The van der Waals surface area contributed by atoms with E-state index in [1.807, 2.05) is 0 Å². The van der Waals surface area contributed by atoms with Crippen LogP contribution in [0.5, 0.6) is 0 Å². The summed E-state index contributed by atoms with van der Waals surface area (Å²) < 4.78 is 39.6. The Morgan fingerprint density at radius 2 is 0.684 bits per heavy atom. The number of allylic oxidation sites excluding steroid dienone is 14. The Hall–Kier alpha value is -3.34. The van der Waals surface area contributed by atoms with Gasteiger partial charge in [-0.15, -0.1) is 0 Å². The van der Waals surface area contributed by atoms with Crippen LogP contribution >= 0.6 is 7.82 Å². The van der Waals surface area contributed by atoms with Gasteiger partial charge >= 0.3 is 25.7 Å². The van der Waals surface area contributed by atoms with E-state index in [0.29, 0.717) is 19.3 Å². The predicted molar refractivity (Wildman–Crippen MR) is 316 cm³/mol. The first-order chi connectivity index (χ1) is 37.2. The molecule has 0 aromatic rings. The minimum atomic E-state index is -4.76. The topological polar surface area (TPSA) is 155 Å². The highest BCUT2D eigenvalue weighted by Crippen LogP contribution is 2.43. The number of phosphoric acid groups is 1. The van der Waals surface area contributed by atoms with E-state index in [2.05, 4.69) is 106 Å². The fraction of sp³-hybridized carbons (Fsp3) is 0.734. The highest BCUT2D eigenvalue weighted by Gasteiger charge is 2.28. The highest BCUT2D eigenvalue weighted by atomic mass is 31.2. The summed E-state index contributed by atoms with van der Waals surface area (Å²) in [4.78, 5) is 48.6. The summed E-state index contributed by atoms with van der Waals surface area (Å²) in [6.07, 6.45) is 66.8. The lowest BCUT2D eigenvalue weighted by atomic mass is 10.1. The van der Waals surface area contributed by atoms with Crippen molar-refractivity contribution in [3.05, 3.63) is 85.1 Å². The molecule has 2 N–H and O–H groups in total. The molecule has 0 amide bonds. The zero-order valence-electron chi connectivity index (χ0n) is 48.5. The summed E-state index contributed by atoms with van der Waals surface area (Å²) in [5.41, 5.74) is 0. The third kappa shape index (κ3) is 55.4. The molecule has 0 heterocycles. The monoisotopic (exact) mass is 1090 g/mol. The predicted octanol–water partition coefficient (Wildman–Crippen LogP) is 18.3. The molecule has 0 aliphatic heterocycles. The summed E-state index contributed by atoms with van der Waals surface area (Å²) in [6.45, 7) is 4.46. The van der Waals surface area contributed by atoms with E-state index in [1.54, 1.807) is 0 Å². The van der Waals surface area contributed by atoms with Gasteiger partial charge in [-0.25, -0.2) is 4.57 Å². The lowest BCUT2D eigenvalue weighted by Gasteiger charge is -2.21. The van der Waals surface area contributed by atoms with Crippen molar-refractivity contribution in [2.45, 2.75) is 277 Å². The molecule has 0 saturated heterocycles. The van der Waals surface area contributed by atoms with Crippen LogP contribution in [-0.4, -0.2) is 66.5 Å². The molecule has 0 rings (SSSR count). The normalized spacial score (nSPS) is 13.9. The van der Waals surface area contributed by atoms with Crippen molar-refractivity contribution in [3.8, 4) is 0 Å². The summed E-state index contributed by atoms with van der Waals surface area (Å²) >= 11 is 0. The largest absolute Gasteiger partial charge is 0.472 e. The van der Waals surface area contributed by atoms with E-state index in [9.17, 15) is 28.9 Å². The van der Waals surface area contributed by atoms with Gasteiger partial charge in [0.2, 0.25) is 0 Å². The van der Waals surface area contributed by atoms with Crippen LogP contribution in [0, 0.1) is 0 Å². The number of unbranched alkanes of at least 4 members (excludes halogenated alkanes) is 25. The zero-order chi connectivity index (χ0) is 55.5. The maximum absolute atomic E-state index is 12.9. The zero-order valence-corrected chi connectivity index (χ0v) is 49.3. The van der Waals surface area contributed by atoms with Gasteiger partial charge in [0.25, 0.3) is 0 Å². The van der Waals surface area contributed by atoms with Gasteiger partial charge in [0, 0.05) is 19.3 Å². The first-order valence-electron chi connectivity index (χ1n) is 30.5. The molecule has 3 atom stereocenters. The molecular weight excluding hydrogens is 976 g/mol. The molecule has 0 radical (unpaired) electrons. The molecule has 0 bridgehead atoms. The minimum absolute atomic E-state index is 0.144. The fourth-order valence-corrected chi connectivity index (χ4v) is 8.92. The summed E-state index contributed by atoms with van der Waals surface area (Å²) in [5.74, 6) is -1.52. The Kier molecular flexibility index (Phi) is 55.3. The van der Waals surface area contributed by atoms with Gasteiger partial charge < -0.3 is 24.2 Å². The SMILES string of the molecule is CC/C=C\C/C=C\C/C=C\CCCCCC(=O)OCC(COP(=O)(O)OCC(CO)OC(=O)CCCCCCCCC/C=C\CCCCCCCC)OC(=O)CCCCCCCC/C=C\C/C=C\C/C=C\CCCCC. The van der Waals surface area contributed by atoms with E-state index in [0.717, 1.165) is 116 Å². The number of rotatable bonds is 56. The summed E-state index contributed by atoms with van der Waals surface area (Å²) in [7, 11) is -4.76. The van der Waals surface area contributed by atoms with Crippen molar-refractivity contribution >= 4 is 25.7 Å². The van der Waals surface area contributed by atoms with Crippen LogP contribution in [0.4, 0.5) is 0 Å². The van der Waals surface area contributed by atoms with Crippen molar-refractivity contribution in [2.24, 2.45) is 0 Å². The van der Waals surface area contributed by atoms with Crippen molar-refractivity contribution in [2.75, 3.05) is 26.4 Å². The molecule has 438 valence electrons. The van der Waals surface area contributed by atoms with Crippen LogP contribution in [-0.2, 0) is 42.2 Å². The number of phosphoric ester groups is 1. The Morgan fingerprint density at radius 1 is 0.382 bits per heavy atom. The first kappa shape index (κ1) is 72.7. The molecule has 3 unspecified atom stereocenters. The third-order valence-electron chi connectivity index (χ3n) is 12.8. The molecule has 12 heteroatoms. The van der Waals surface area contributed by atoms with Crippen molar-refractivity contribution < 1.29 is 52.2 Å². The number of ether oxygens (including phenoxy) is 3. The van der Waals surface area contributed by atoms with Crippen LogP contribution in [0.1, 0.15) is 265 Å². The van der Waals surface area contributed by atoms with Crippen LogP contribution in [0.3, 0.4) is 0 Å². The van der Waals surface area contributed by atoms with Crippen LogP contribution in [0.2, 0.25) is 0 Å². The molecular formula is C64H111O11P. The molecule has 0 fully saturated rings. The average molecular weight is 1090 g/mol. The molecule has 0 aromatic heterocycles. The standard InChI is InChI=1S/C64H111O11P/c1-4-7-10-13-16-19-22-25-27-29-30-32-34-37-40-43-46-49-52-55-64(68)75-61(57-71-62(66)53-50-47-44-41-38-35-24-21-18-15-12-9-6-3)59-73-76(69,70)72-58-60(56-65)74-63(67)54-51-48-45-42-39-36-33-31-28-26-23-20-17-14-11-8-5-2/h9,12,16,18-19,21,25-28,30,32,35,38,60-61,65H,4-8,10-11,13-15,17,20,22-24,29,31,33-34,36-37,39-59H2,1-3H3,(H,69,70)/b12-9-,19-16-,21-18-,27-25-,28-26-,32-30-,38-35-. The first-order valence-corrected chi connectivity index (χ1v) is 32.0. The lowest BCUT2D eigenvalue weighted by Crippen LogP contribution is -2.30. The number of carbonyl (C=O) groups excluding carboxylic acids is 3. The second kappa shape index (κ2) is 57.8. The number of esters is 3. The highest BCUT2D eigenvalue weighted by molar-refractivity contribution is 7.47. The van der Waals surface area contributed by atoms with Gasteiger partial charge in [0.1, 0.15) is 12.7 Å². The average Bonchev–Trinajstić information content (AvgIpc) is 3.41. The van der Waals surface area contributed by atoms with Gasteiger partial charge in [-0.3, -0.25) is 23.4 Å². The van der Waals surface area contributed by atoms with E-state index in [-0.39, 0.29) is 25.9 Å². The van der Waals surface area contributed by atoms with Crippen LogP contribution in [0.15, 0.2) is 85.1 Å². The minimum Gasteiger partial charge on any atom is -0.462 e. The maximum Gasteiger partial charge on any atom is 0.472 e. The Balaban J connectivity index is 4.73. The Morgan fingerprint density at radius 3 is 1.11 bits per heavy atom. The van der Waals surface area contributed by atoms with Gasteiger partial charge in [0.15, 0.2) is 6.10 Å². The number of hydrogen-bond donors (Lipinski definition) is 2. The Bertz CT molecular complexity index is 1600. The van der Waals surface area contributed by atoms with Crippen LogP contribution < -0.4 is 0 Å². The molecule has 0 aliphatic carbocycles. The quantitative estimate of drug-likeness (QED) is 0.0197. The molecule has 0 aromatic carbocycles. The molecule has 0 aliphatic rings. The maximum atomic E-state index is 12.9. The van der Waals surface area contributed by atoms with Crippen LogP contribution in [0.25, 0.3) is 0 Å². The number of aliphatic hydroxyl groups excluding tert-OH is 1. The second-order valence-electron chi connectivity index (χ2n) is 20.1. The van der Waals surface area contributed by atoms with E-state index in [1.165, 1.54) is 89.9 Å². The third-order valence-corrected chi connectivity index (χ3v) is 13.7. The lowest BCUT2D eigenvalue weighted by molar-refractivity contribution is -0.161. The number of hydrogen-bond acceptors (Lipinski definition) is 10. The molecule has 0 spiro atoms. The molecule has 11 nitrogen and oxygen atoms in total. The second-order valence-corrected chi connectivity index (χ2v) is 21.6. The van der Waals surface area contributed by atoms with E-state index >= 15 is 0 Å². The van der Waals surface area contributed by atoms with Crippen molar-refractivity contribution in [1.82, 2.24) is 0 Å². The number of carbonyl (C=O) groups is 3. The van der Waals surface area contributed by atoms with Gasteiger partial charge in [-0.1, -0.05) is 215 Å². The van der Waals surface area contributed by atoms with Gasteiger partial charge in [-0.05, 0) is 116 Å². The molecule has 76 heavy (non-hydrogen) atoms. The molecule has 0 saturated carbocycles. The van der Waals surface area contributed by atoms with Gasteiger partial charge in [-0.2, -0.15) is 0 Å². The van der Waals surface area contributed by atoms with E-state index in [4.69, 9.17) is 23.3 Å². The Labute approximate surface area is 464 Å². The number of aliphatic hydroxyl groups is 1. The van der Waals surface area contributed by atoms with Gasteiger partial charge in [0.05, 0.1) is 19.8 Å². The van der Waals surface area contributed by atoms with E-state index < -0.39 is 57.8 Å². The van der Waals surface area contributed by atoms with Crippen molar-refractivity contribution in [1.29, 1.82) is 0 Å².